The van der Waals surface area contributed by atoms with E-state index in [9.17, 15) is 10.1 Å². The van der Waals surface area contributed by atoms with Crippen molar-refractivity contribution in [1.29, 1.82) is 5.26 Å². The van der Waals surface area contributed by atoms with E-state index in [1.807, 2.05) is 20.8 Å². The molecule has 20 heavy (non-hydrogen) atoms. The first-order valence-corrected chi connectivity index (χ1v) is 7.39. The quantitative estimate of drug-likeness (QED) is 0.800. The van der Waals surface area contributed by atoms with Crippen LogP contribution >= 0.6 is 0 Å². The highest BCUT2D eigenvalue weighted by Crippen LogP contribution is 2.38. The van der Waals surface area contributed by atoms with E-state index >= 15 is 0 Å². The van der Waals surface area contributed by atoms with Crippen LogP contribution in [-0.4, -0.2) is 41.3 Å². The molecule has 2 unspecified atom stereocenters. The highest BCUT2D eigenvalue weighted by atomic mass is 16.6. The third kappa shape index (κ3) is 3.24. The molecule has 0 saturated carbocycles. The number of hydrogen-bond acceptors (Lipinski definition) is 4. The minimum atomic E-state index is -0.773. The molecule has 0 aromatic heterocycles. The van der Waals surface area contributed by atoms with Crippen molar-refractivity contribution in [1.82, 2.24) is 10.2 Å². The molecule has 1 amide bonds. The van der Waals surface area contributed by atoms with Gasteiger partial charge < -0.3 is 15.0 Å². The summed E-state index contributed by atoms with van der Waals surface area (Å²) in [6.45, 7) is 5.49. The van der Waals surface area contributed by atoms with Gasteiger partial charge in [-0.25, -0.2) is 4.79 Å². The summed E-state index contributed by atoms with van der Waals surface area (Å²) in [6, 6.07) is 3.12. The van der Waals surface area contributed by atoms with Crippen LogP contribution in [0.4, 0.5) is 4.79 Å². The van der Waals surface area contributed by atoms with Crippen molar-refractivity contribution in [3.05, 3.63) is 0 Å². The van der Waals surface area contributed by atoms with Gasteiger partial charge in [0.05, 0.1) is 6.07 Å². The van der Waals surface area contributed by atoms with Gasteiger partial charge in [0.15, 0.2) is 0 Å². The molecule has 112 valence electrons. The van der Waals surface area contributed by atoms with Gasteiger partial charge in [-0.05, 0) is 53.5 Å². The molecule has 0 aromatic rings. The number of carbonyl (C=O) groups is 1. The van der Waals surface area contributed by atoms with Gasteiger partial charge in [0.2, 0.25) is 0 Å². The summed E-state index contributed by atoms with van der Waals surface area (Å²) in [4.78, 5) is 14.4. The number of piperidine rings is 2. The molecule has 5 nitrogen and oxygen atoms in total. The first-order valence-electron chi connectivity index (χ1n) is 7.39. The SMILES string of the molecule is CN1C2CCCC1CC(C#N)(NC(=O)OC(C)(C)C)C2. The Kier molecular flexibility index (Phi) is 3.97. The minimum Gasteiger partial charge on any atom is -0.444 e. The van der Waals surface area contributed by atoms with Gasteiger partial charge in [0.1, 0.15) is 11.1 Å². The summed E-state index contributed by atoms with van der Waals surface area (Å²) < 4.78 is 5.30. The smallest absolute Gasteiger partial charge is 0.408 e. The standard InChI is InChI=1S/C15H25N3O2/c1-14(2,3)20-13(19)17-15(10-16)8-11-6-5-7-12(9-15)18(11)4/h11-12H,5-9H2,1-4H3,(H,17,19). The Balaban J connectivity index is 2.08. The summed E-state index contributed by atoms with van der Waals surface area (Å²) in [5.74, 6) is 0. The van der Waals surface area contributed by atoms with Crippen molar-refractivity contribution < 1.29 is 9.53 Å². The molecule has 1 N–H and O–H groups in total. The number of carbonyl (C=O) groups excluding carboxylic acids is 1. The molecular formula is C15H25N3O2. The fraction of sp³-hybridized carbons (Fsp3) is 0.867. The molecule has 0 radical (unpaired) electrons. The van der Waals surface area contributed by atoms with Crippen LogP contribution in [0.3, 0.4) is 0 Å². The maximum Gasteiger partial charge on any atom is 0.408 e. The van der Waals surface area contributed by atoms with Gasteiger partial charge in [0.25, 0.3) is 0 Å². The predicted octanol–water partition coefficient (Wildman–Crippen LogP) is 2.42. The van der Waals surface area contributed by atoms with Crippen molar-refractivity contribution in [3.63, 3.8) is 0 Å². The van der Waals surface area contributed by atoms with Crippen molar-refractivity contribution in [2.75, 3.05) is 7.05 Å². The average Bonchev–Trinajstić information content (AvgIpc) is 2.28. The zero-order chi connectivity index (χ0) is 15.0. The lowest BCUT2D eigenvalue weighted by Gasteiger charge is -2.50. The van der Waals surface area contributed by atoms with Crippen LogP contribution in [0.25, 0.3) is 0 Å². The number of nitriles is 1. The fourth-order valence-electron chi connectivity index (χ4n) is 3.39. The van der Waals surface area contributed by atoms with Crippen LogP contribution in [0.1, 0.15) is 52.9 Å². The van der Waals surface area contributed by atoms with E-state index in [0.717, 1.165) is 12.8 Å². The van der Waals surface area contributed by atoms with E-state index < -0.39 is 17.2 Å². The van der Waals surface area contributed by atoms with Gasteiger partial charge >= 0.3 is 6.09 Å². The molecule has 5 heteroatoms. The third-order valence-corrected chi connectivity index (χ3v) is 4.35. The Morgan fingerprint density at radius 3 is 2.35 bits per heavy atom. The summed E-state index contributed by atoms with van der Waals surface area (Å²) in [5.41, 5.74) is -1.31. The molecule has 2 bridgehead atoms. The van der Waals surface area contributed by atoms with Crippen LogP contribution in [0, 0.1) is 11.3 Å². The number of alkyl carbamates (subject to hydrolysis) is 1. The fourth-order valence-corrected chi connectivity index (χ4v) is 3.39. The highest BCUT2D eigenvalue weighted by Gasteiger charge is 2.46. The number of ether oxygens (including phenoxy) is 1. The minimum absolute atomic E-state index is 0.386. The molecule has 2 heterocycles. The lowest BCUT2D eigenvalue weighted by atomic mass is 9.74. The Morgan fingerprint density at radius 2 is 1.90 bits per heavy atom. The number of hydrogen-bond donors (Lipinski definition) is 1. The van der Waals surface area contributed by atoms with Crippen LogP contribution in [0.15, 0.2) is 0 Å². The van der Waals surface area contributed by atoms with Crippen LogP contribution in [0.5, 0.6) is 0 Å². The van der Waals surface area contributed by atoms with Crippen molar-refractivity contribution in [3.8, 4) is 6.07 Å². The molecule has 0 aromatic carbocycles. The van der Waals surface area contributed by atoms with E-state index in [4.69, 9.17) is 4.74 Å². The maximum absolute atomic E-state index is 12.0. The largest absolute Gasteiger partial charge is 0.444 e. The van der Waals surface area contributed by atoms with Crippen molar-refractivity contribution in [2.45, 2.75) is 76.1 Å². The molecule has 0 aliphatic carbocycles. The van der Waals surface area contributed by atoms with Crippen LogP contribution in [-0.2, 0) is 4.74 Å². The number of fused-ring (bicyclic) bond motifs is 2. The zero-order valence-corrected chi connectivity index (χ0v) is 12.9. The number of nitrogens with one attached hydrogen (secondary N) is 1. The number of rotatable bonds is 1. The molecule has 2 aliphatic rings. The third-order valence-electron chi connectivity index (χ3n) is 4.35. The zero-order valence-electron chi connectivity index (χ0n) is 12.9. The summed E-state index contributed by atoms with van der Waals surface area (Å²) >= 11 is 0. The first-order chi connectivity index (χ1) is 9.25. The lowest BCUT2D eigenvalue weighted by molar-refractivity contribution is 0.0144. The van der Waals surface area contributed by atoms with Gasteiger partial charge in [-0.1, -0.05) is 6.42 Å². The Bertz CT molecular complexity index is 408. The molecule has 2 fully saturated rings. The van der Waals surface area contributed by atoms with Crippen LogP contribution in [0.2, 0.25) is 0 Å². The first kappa shape index (κ1) is 15.1. The van der Waals surface area contributed by atoms with Crippen molar-refractivity contribution >= 4 is 6.09 Å². The summed E-state index contributed by atoms with van der Waals surface area (Å²) in [6.07, 6.45) is 4.32. The van der Waals surface area contributed by atoms with E-state index in [1.165, 1.54) is 6.42 Å². The van der Waals surface area contributed by atoms with Gasteiger partial charge in [-0.2, -0.15) is 5.26 Å². The van der Waals surface area contributed by atoms with Gasteiger partial charge in [-0.15, -0.1) is 0 Å². The Hall–Kier alpha value is -1.28. The van der Waals surface area contributed by atoms with Gasteiger partial charge in [0, 0.05) is 12.1 Å². The number of nitrogens with zero attached hydrogens (tertiary/aromatic N) is 2. The Labute approximate surface area is 121 Å². The molecular weight excluding hydrogens is 254 g/mol. The van der Waals surface area contributed by atoms with E-state index in [0.29, 0.717) is 24.9 Å². The molecule has 2 rings (SSSR count). The highest BCUT2D eigenvalue weighted by molar-refractivity contribution is 5.69. The average molecular weight is 279 g/mol. The molecule has 2 saturated heterocycles. The second kappa shape index (κ2) is 5.25. The second-order valence-corrected chi connectivity index (χ2v) is 7.13. The molecule has 2 atom stereocenters. The monoisotopic (exact) mass is 279 g/mol. The number of amides is 1. The predicted molar refractivity (Wildman–Crippen MR) is 76.1 cm³/mol. The van der Waals surface area contributed by atoms with Gasteiger partial charge in [-0.3, -0.25) is 0 Å². The Morgan fingerprint density at radius 1 is 1.35 bits per heavy atom. The van der Waals surface area contributed by atoms with E-state index in [-0.39, 0.29) is 0 Å². The molecule has 0 spiro atoms. The van der Waals surface area contributed by atoms with Crippen LogP contribution < -0.4 is 5.32 Å². The van der Waals surface area contributed by atoms with E-state index in [1.54, 1.807) is 0 Å². The van der Waals surface area contributed by atoms with E-state index in [2.05, 4.69) is 23.3 Å². The molecule has 2 aliphatic heterocycles. The topological polar surface area (TPSA) is 65.4 Å². The lowest BCUT2D eigenvalue weighted by Crippen LogP contribution is -2.62. The summed E-state index contributed by atoms with van der Waals surface area (Å²) in [7, 11) is 2.13. The normalized spacial score (nSPS) is 34.1. The summed E-state index contributed by atoms with van der Waals surface area (Å²) in [5, 5.41) is 12.4. The second-order valence-electron chi connectivity index (χ2n) is 7.13. The van der Waals surface area contributed by atoms with Crippen molar-refractivity contribution in [2.24, 2.45) is 0 Å². The maximum atomic E-state index is 12.0.